The third-order valence-electron chi connectivity index (χ3n) is 3.00. The van der Waals surface area contributed by atoms with E-state index in [-0.39, 0.29) is 11.4 Å². The first-order chi connectivity index (χ1) is 10.7. The predicted octanol–water partition coefficient (Wildman–Crippen LogP) is 0.862. The van der Waals surface area contributed by atoms with Gasteiger partial charge in [0.25, 0.3) is 5.56 Å². The van der Waals surface area contributed by atoms with Gasteiger partial charge >= 0.3 is 0 Å². The number of aromatic nitrogens is 6. The summed E-state index contributed by atoms with van der Waals surface area (Å²) in [6.45, 7) is 3.99. The van der Waals surface area contributed by atoms with Gasteiger partial charge in [0.1, 0.15) is 11.2 Å². The normalized spacial score (nSPS) is 11.0. The minimum atomic E-state index is -0.216. The van der Waals surface area contributed by atoms with E-state index in [0.717, 1.165) is 0 Å². The van der Waals surface area contributed by atoms with Crippen LogP contribution in [0.15, 0.2) is 41.2 Å². The Kier molecular flexibility index (Phi) is 3.63. The minimum Gasteiger partial charge on any atom is -0.382 e. The molecule has 0 aromatic carbocycles. The molecule has 2 N–H and O–H groups in total. The summed E-state index contributed by atoms with van der Waals surface area (Å²) in [5.74, 6) is 0.677. The van der Waals surface area contributed by atoms with Crippen molar-refractivity contribution < 1.29 is 0 Å². The number of nitrogen functional groups attached to an aromatic ring is 1. The smallest absolute Gasteiger partial charge is 0.278 e. The fourth-order valence-electron chi connectivity index (χ4n) is 2.10. The second kappa shape index (κ2) is 5.60. The summed E-state index contributed by atoms with van der Waals surface area (Å²) < 4.78 is 3.06. The topological polar surface area (TPSA) is 105 Å². The second-order valence-electron chi connectivity index (χ2n) is 4.38. The highest BCUT2D eigenvalue weighted by atomic mass is 32.2. The molecule has 3 aromatic heterocycles. The van der Waals surface area contributed by atoms with Gasteiger partial charge in [-0.3, -0.25) is 9.78 Å². The average molecular weight is 315 g/mol. The van der Waals surface area contributed by atoms with E-state index in [0.29, 0.717) is 28.6 Å². The van der Waals surface area contributed by atoms with Crippen molar-refractivity contribution in [3.63, 3.8) is 0 Å². The van der Waals surface area contributed by atoms with E-state index >= 15 is 0 Å². The van der Waals surface area contributed by atoms with E-state index in [4.69, 9.17) is 5.73 Å². The van der Waals surface area contributed by atoms with E-state index in [1.54, 1.807) is 10.8 Å². The molecule has 3 aromatic rings. The maximum Gasteiger partial charge on any atom is 0.278 e. The first-order valence-electron chi connectivity index (χ1n) is 6.37. The van der Waals surface area contributed by atoms with E-state index < -0.39 is 0 Å². The standard InChI is InChI=1S/C13H13N7OS/c1-3-4-19-12(21)8-5-16-13(22-2)18-11(8)20(19)10-7-15-6-9(14)17-10/h3,5-7H,1,4H2,2H3,(H2,14,17). The van der Waals surface area contributed by atoms with Crippen molar-refractivity contribution in [1.29, 1.82) is 0 Å². The molecule has 0 spiro atoms. The van der Waals surface area contributed by atoms with Crippen molar-refractivity contribution in [3.8, 4) is 5.82 Å². The van der Waals surface area contributed by atoms with Gasteiger partial charge in [-0.25, -0.2) is 24.3 Å². The average Bonchev–Trinajstić information content (AvgIpc) is 2.80. The molecule has 0 saturated carbocycles. The molecule has 3 rings (SSSR count). The molecular formula is C13H13N7OS. The Morgan fingerprint density at radius 3 is 2.86 bits per heavy atom. The van der Waals surface area contributed by atoms with E-state index in [9.17, 15) is 4.79 Å². The number of thioether (sulfide) groups is 1. The maximum absolute atomic E-state index is 12.5. The first kappa shape index (κ1) is 14.3. The van der Waals surface area contributed by atoms with Crippen LogP contribution in [0.1, 0.15) is 0 Å². The number of hydrogen-bond donors (Lipinski definition) is 1. The van der Waals surface area contributed by atoms with Gasteiger partial charge in [-0.15, -0.1) is 6.58 Å². The lowest BCUT2D eigenvalue weighted by Gasteiger charge is -2.09. The van der Waals surface area contributed by atoms with E-state index in [1.807, 2.05) is 6.26 Å². The Morgan fingerprint density at radius 1 is 1.36 bits per heavy atom. The highest BCUT2D eigenvalue weighted by Crippen LogP contribution is 2.17. The molecule has 0 atom stereocenters. The Hall–Kier alpha value is -2.68. The Bertz CT molecular complexity index is 914. The van der Waals surface area contributed by atoms with E-state index in [2.05, 4.69) is 26.5 Å². The maximum atomic E-state index is 12.5. The zero-order chi connectivity index (χ0) is 15.7. The lowest BCUT2D eigenvalue weighted by atomic mass is 10.4. The first-order valence-corrected chi connectivity index (χ1v) is 7.59. The number of hydrogen-bond acceptors (Lipinski definition) is 7. The van der Waals surface area contributed by atoms with Crippen molar-refractivity contribution in [1.82, 2.24) is 29.3 Å². The van der Waals surface area contributed by atoms with Crippen LogP contribution in [0.4, 0.5) is 5.82 Å². The third kappa shape index (κ3) is 2.25. The zero-order valence-corrected chi connectivity index (χ0v) is 12.6. The van der Waals surface area contributed by atoms with Gasteiger partial charge in [-0.2, -0.15) is 0 Å². The summed E-state index contributed by atoms with van der Waals surface area (Å²) in [4.78, 5) is 29.3. The van der Waals surface area contributed by atoms with Gasteiger partial charge in [0.15, 0.2) is 16.6 Å². The molecule has 0 aliphatic rings. The third-order valence-corrected chi connectivity index (χ3v) is 3.56. The highest BCUT2D eigenvalue weighted by Gasteiger charge is 2.17. The number of nitrogens with two attached hydrogens (primary N) is 1. The van der Waals surface area contributed by atoms with Crippen molar-refractivity contribution in [2.75, 3.05) is 12.0 Å². The van der Waals surface area contributed by atoms with Crippen molar-refractivity contribution >= 4 is 28.6 Å². The minimum absolute atomic E-state index is 0.216. The predicted molar refractivity (Wildman–Crippen MR) is 85.1 cm³/mol. The lowest BCUT2D eigenvalue weighted by molar-refractivity contribution is 0.595. The van der Waals surface area contributed by atoms with Crippen LogP contribution in [0.5, 0.6) is 0 Å². The zero-order valence-electron chi connectivity index (χ0n) is 11.8. The van der Waals surface area contributed by atoms with Crippen LogP contribution in [0.2, 0.25) is 0 Å². The van der Waals surface area contributed by atoms with Crippen LogP contribution in [0.25, 0.3) is 16.9 Å². The van der Waals surface area contributed by atoms with Crippen molar-refractivity contribution in [3.05, 3.63) is 41.6 Å². The second-order valence-corrected chi connectivity index (χ2v) is 5.16. The van der Waals surface area contributed by atoms with Gasteiger partial charge in [0.2, 0.25) is 0 Å². The number of anilines is 1. The summed E-state index contributed by atoms with van der Waals surface area (Å²) in [5.41, 5.74) is 5.94. The molecule has 0 fully saturated rings. The number of allylic oxidation sites excluding steroid dienone is 1. The summed E-state index contributed by atoms with van der Waals surface area (Å²) >= 11 is 1.39. The lowest BCUT2D eigenvalue weighted by Crippen LogP contribution is -2.22. The summed E-state index contributed by atoms with van der Waals surface area (Å²) in [5, 5.41) is 0.970. The molecule has 8 nitrogen and oxygen atoms in total. The van der Waals surface area contributed by atoms with Crippen LogP contribution in [0.3, 0.4) is 0 Å². The van der Waals surface area contributed by atoms with Gasteiger partial charge in [0.05, 0.1) is 18.9 Å². The van der Waals surface area contributed by atoms with Gasteiger partial charge in [-0.05, 0) is 6.26 Å². The number of fused-ring (bicyclic) bond motifs is 1. The molecule has 0 aliphatic carbocycles. The van der Waals surface area contributed by atoms with Crippen LogP contribution < -0.4 is 11.3 Å². The largest absolute Gasteiger partial charge is 0.382 e. The van der Waals surface area contributed by atoms with Gasteiger partial charge < -0.3 is 5.73 Å². The summed E-state index contributed by atoms with van der Waals surface area (Å²) in [6.07, 6.45) is 7.97. The SMILES string of the molecule is C=CCn1c(=O)c2cnc(SC)nc2n1-c1cncc(N)n1. The van der Waals surface area contributed by atoms with Crippen LogP contribution >= 0.6 is 11.8 Å². The molecule has 3 heterocycles. The Labute approximate surface area is 129 Å². The molecule has 0 radical (unpaired) electrons. The van der Waals surface area contributed by atoms with Crippen molar-refractivity contribution in [2.24, 2.45) is 0 Å². The summed E-state index contributed by atoms with van der Waals surface area (Å²) in [6, 6.07) is 0. The molecule has 9 heteroatoms. The van der Waals surface area contributed by atoms with Gasteiger partial charge in [-0.1, -0.05) is 17.8 Å². The molecule has 0 bridgehead atoms. The molecule has 22 heavy (non-hydrogen) atoms. The molecule has 0 amide bonds. The molecule has 0 saturated heterocycles. The number of nitrogens with zero attached hydrogens (tertiary/aromatic N) is 6. The van der Waals surface area contributed by atoms with E-state index in [1.165, 1.54) is 35.0 Å². The molecular weight excluding hydrogens is 302 g/mol. The van der Waals surface area contributed by atoms with Crippen LogP contribution in [-0.4, -0.2) is 35.6 Å². The Balaban J connectivity index is 2.41. The summed E-state index contributed by atoms with van der Waals surface area (Å²) in [7, 11) is 0. The monoisotopic (exact) mass is 315 g/mol. The number of rotatable bonds is 4. The van der Waals surface area contributed by atoms with Gasteiger partial charge in [0, 0.05) is 6.20 Å². The van der Waals surface area contributed by atoms with Crippen LogP contribution in [-0.2, 0) is 6.54 Å². The fraction of sp³-hybridized carbons (Fsp3) is 0.154. The molecule has 0 aliphatic heterocycles. The quantitative estimate of drug-likeness (QED) is 0.432. The Morgan fingerprint density at radius 2 is 2.18 bits per heavy atom. The van der Waals surface area contributed by atoms with Crippen molar-refractivity contribution in [2.45, 2.75) is 11.7 Å². The molecule has 0 unspecified atom stereocenters. The molecule has 112 valence electrons. The fourth-order valence-corrected chi connectivity index (χ4v) is 2.44. The highest BCUT2D eigenvalue weighted by molar-refractivity contribution is 7.98. The van der Waals surface area contributed by atoms with Crippen LogP contribution in [0, 0.1) is 0 Å².